The molecule has 2 atom stereocenters. The smallest absolute Gasteiger partial charge is 0.440 e. The van der Waals surface area contributed by atoms with Crippen LogP contribution in [0.3, 0.4) is 0 Å². The normalized spacial score (nSPS) is 22.5. The van der Waals surface area contributed by atoms with Gasteiger partial charge in [-0.05, 0) is 49.9 Å². The minimum atomic E-state index is -4.67. The molecule has 1 saturated heterocycles. The molecule has 0 unspecified atom stereocenters. The fraction of sp³-hybridized carbons (Fsp3) is 0.500. The van der Waals surface area contributed by atoms with Crippen molar-refractivity contribution in [2.75, 3.05) is 25.4 Å². The number of hydrogen-bond acceptors (Lipinski definition) is 7. The van der Waals surface area contributed by atoms with Crippen molar-refractivity contribution in [3.8, 4) is 17.3 Å². The lowest BCUT2D eigenvalue weighted by Gasteiger charge is -2.21. The molecule has 1 aliphatic heterocycles. The Labute approximate surface area is 193 Å². The average molecular weight is 480 g/mol. The number of hydrogen-bond donors (Lipinski definition) is 0. The van der Waals surface area contributed by atoms with Crippen molar-refractivity contribution < 1.29 is 22.3 Å². The number of benzene rings is 1. The van der Waals surface area contributed by atoms with Crippen molar-refractivity contribution in [2.24, 2.45) is 13.0 Å². The zero-order valence-corrected chi connectivity index (χ0v) is 19.1. The molecule has 1 saturated carbocycles. The van der Waals surface area contributed by atoms with Crippen LogP contribution in [0.15, 0.2) is 40.2 Å². The van der Waals surface area contributed by atoms with Gasteiger partial charge in [-0.2, -0.15) is 0 Å². The maximum atomic E-state index is 12.6. The van der Waals surface area contributed by atoms with E-state index < -0.39 is 6.36 Å². The summed E-state index contributed by atoms with van der Waals surface area (Å²) in [6, 6.07) is 6.48. The molecule has 7 nitrogen and oxygen atoms in total. The summed E-state index contributed by atoms with van der Waals surface area (Å²) < 4.78 is 49.2. The van der Waals surface area contributed by atoms with Crippen LogP contribution in [0, 0.1) is 12.8 Å². The molecule has 5 rings (SSSR count). The summed E-state index contributed by atoms with van der Waals surface area (Å²) in [6.07, 6.45) is -1.26. The van der Waals surface area contributed by atoms with Gasteiger partial charge in [0.05, 0.1) is 5.69 Å². The number of aryl methyl sites for hydroxylation is 1. The zero-order valence-electron chi connectivity index (χ0n) is 18.3. The number of nitrogens with zero attached hydrogens (tertiary/aromatic N) is 5. The summed E-state index contributed by atoms with van der Waals surface area (Å²) in [5, 5.41) is 9.32. The van der Waals surface area contributed by atoms with Crippen molar-refractivity contribution in [3.05, 3.63) is 41.9 Å². The van der Waals surface area contributed by atoms with Crippen LogP contribution in [0.1, 0.15) is 24.1 Å². The number of rotatable bonds is 8. The van der Waals surface area contributed by atoms with E-state index >= 15 is 0 Å². The molecule has 3 aromatic rings. The van der Waals surface area contributed by atoms with Crippen LogP contribution in [0.5, 0.6) is 5.75 Å². The van der Waals surface area contributed by atoms with Crippen LogP contribution in [-0.4, -0.2) is 56.4 Å². The molecule has 0 bridgehead atoms. The quantitative estimate of drug-likeness (QED) is 0.350. The maximum absolute atomic E-state index is 12.6. The second-order valence-corrected chi connectivity index (χ2v) is 9.76. The summed E-state index contributed by atoms with van der Waals surface area (Å²) in [5.41, 5.74) is 1.69. The number of piperidine rings is 1. The van der Waals surface area contributed by atoms with Crippen LogP contribution in [0.2, 0.25) is 0 Å². The number of halogens is 3. The van der Waals surface area contributed by atoms with E-state index in [-0.39, 0.29) is 11.2 Å². The Morgan fingerprint density at radius 1 is 1.30 bits per heavy atom. The molecule has 1 aliphatic carbocycles. The van der Waals surface area contributed by atoms with Gasteiger partial charge < -0.3 is 18.6 Å². The van der Waals surface area contributed by atoms with Gasteiger partial charge in [-0.1, -0.05) is 23.9 Å². The first kappa shape index (κ1) is 22.3. The minimum Gasteiger partial charge on any atom is -0.440 e. The maximum Gasteiger partial charge on any atom is 0.573 e. The van der Waals surface area contributed by atoms with Gasteiger partial charge in [-0.25, -0.2) is 4.98 Å². The van der Waals surface area contributed by atoms with Gasteiger partial charge in [0.2, 0.25) is 5.82 Å². The lowest BCUT2D eigenvalue weighted by molar-refractivity contribution is -0.274. The van der Waals surface area contributed by atoms with Crippen molar-refractivity contribution in [3.63, 3.8) is 0 Å². The molecule has 0 N–H and O–H groups in total. The molecule has 3 heterocycles. The summed E-state index contributed by atoms with van der Waals surface area (Å²) in [6.45, 7) is 4.66. The number of ether oxygens (including phenoxy) is 1. The Morgan fingerprint density at radius 2 is 2.15 bits per heavy atom. The van der Waals surface area contributed by atoms with E-state index in [1.165, 1.54) is 12.5 Å². The molecule has 2 aromatic heterocycles. The number of alkyl halides is 3. The molecular formula is C22H24F3N5O2S. The second-order valence-electron chi connectivity index (χ2n) is 8.70. The Kier molecular flexibility index (Phi) is 5.64. The van der Waals surface area contributed by atoms with Crippen molar-refractivity contribution >= 4 is 11.8 Å². The van der Waals surface area contributed by atoms with E-state index in [1.807, 2.05) is 24.6 Å². The highest BCUT2D eigenvalue weighted by molar-refractivity contribution is 7.99. The molecule has 2 aliphatic rings. The molecule has 2 fully saturated rings. The standard InChI is InChI=1S/C22H24F3N5O2S/c1-14-18(31-13-26-14)19-27-28-20(29(19)2)33-8-4-7-30-11-16-10-21(16,12-30)15-5-3-6-17(9-15)32-22(23,24)25/h3,5-6,9,13,16H,4,7-8,10-12H2,1-2H3/t16-,21+/m1/s1. The molecule has 11 heteroatoms. The first-order valence-corrected chi connectivity index (χ1v) is 11.7. The molecule has 0 spiro atoms. The zero-order chi connectivity index (χ0) is 23.2. The minimum absolute atomic E-state index is 0.0362. The van der Waals surface area contributed by atoms with Crippen molar-refractivity contribution in [1.29, 1.82) is 0 Å². The molecule has 0 amide bonds. The van der Waals surface area contributed by atoms with Gasteiger partial charge in [0.15, 0.2) is 17.3 Å². The molecule has 0 radical (unpaired) electrons. The Balaban J connectivity index is 1.13. The number of thioether (sulfide) groups is 1. The SMILES string of the molecule is Cc1ncoc1-c1nnc(SCCCN2C[C@H]3C[C@@]3(c3cccc(OC(F)(F)F)c3)C2)n1C. The van der Waals surface area contributed by atoms with Gasteiger partial charge in [0.25, 0.3) is 0 Å². The third kappa shape index (κ3) is 4.48. The second kappa shape index (κ2) is 8.35. The Bertz CT molecular complexity index is 1150. The predicted octanol–water partition coefficient (Wildman–Crippen LogP) is 4.43. The van der Waals surface area contributed by atoms with Gasteiger partial charge in [-0.3, -0.25) is 0 Å². The van der Waals surface area contributed by atoms with Crippen LogP contribution in [-0.2, 0) is 12.5 Å². The van der Waals surface area contributed by atoms with Crippen LogP contribution in [0.4, 0.5) is 13.2 Å². The van der Waals surface area contributed by atoms with Gasteiger partial charge >= 0.3 is 6.36 Å². The van der Waals surface area contributed by atoms with Crippen LogP contribution < -0.4 is 4.74 Å². The van der Waals surface area contributed by atoms with Crippen molar-refractivity contribution in [2.45, 2.75) is 36.7 Å². The first-order valence-electron chi connectivity index (χ1n) is 10.8. The van der Waals surface area contributed by atoms with Crippen LogP contribution in [0.25, 0.3) is 11.6 Å². The fourth-order valence-corrected chi connectivity index (χ4v) is 5.65. The predicted molar refractivity (Wildman–Crippen MR) is 116 cm³/mol. The van der Waals surface area contributed by atoms with E-state index in [9.17, 15) is 13.2 Å². The Morgan fingerprint density at radius 3 is 2.91 bits per heavy atom. The topological polar surface area (TPSA) is 69.2 Å². The van der Waals surface area contributed by atoms with Crippen molar-refractivity contribution in [1.82, 2.24) is 24.6 Å². The van der Waals surface area contributed by atoms with E-state index in [0.717, 1.165) is 54.6 Å². The largest absolute Gasteiger partial charge is 0.573 e. The highest BCUT2D eigenvalue weighted by Crippen LogP contribution is 2.59. The summed E-state index contributed by atoms with van der Waals surface area (Å²) in [4.78, 5) is 6.51. The third-order valence-corrected chi connectivity index (χ3v) is 7.60. The van der Waals surface area contributed by atoms with Crippen LogP contribution >= 0.6 is 11.8 Å². The summed E-state index contributed by atoms with van der Waals surface area (Å²) >= 11 is 1.65. The monoisotopic (exact) mass is 479 g/mol. The third-order valence-electron chi connectivity index (χ3n) is 6.49. The van der Waals surface area contributed by atoms with Gasteiger partial charge in [0, 0.05) is 31.3 Å². The molecule has 176 valence electrons. The fourth-order valence-electron chi connectivity index (χ4n) is 4.81. The average Bonchev–Trinajstić information content (AvgIpc) is 3.05. The van der Waals surface area contributed by atoms with E-state index in [0.29, 0.717) is 17.5 Å². The van der Waals surface area contributed by atoms with E-state index in [4.69, 9.17) is 4.42 Å². The van der Waals surface area contributed by atoms with Gasteiger partial charge in [0.1, 0.15) is 5.75 Å². The summed E-state index contributed by atoms with van der Waals surface area (Å²) in [7, 11) is 1.91. The number of aromatic nitrogens is 4. The Hall–Kier alpha value is -2.53. The van der Waals surface area contributed by atoms with Gasteiger partial charge in [-0.15, -0.1) is 23.4 Å². The lowest BCUT2D eigenvalue weighted by Crippen LogP contribution is -2.28. The first-order chi connectivity index (χ1) is 15.7. The number of oxazole rings is 1. The highest BCUT2D eigenvalue weighted by Gasteiger charge is 2.60. The number of fused-ring (bicyclic) bond motifs is 1. The highest BCUT2D eigenvalue weighted by atomic mass is 32.2. The lowest BCUT2D eigenvalue weighted by atomic mass is 9.95. The number of likely N-dealkylation sites (tertiary alicyclic amines) is 1. The molecule has 1 aromatic carbocycles. The van der Waals surface area contributed by atoms with E-state index in [1.54, 1.807) is 23.9 Å². The van der Waals surface area contributed by atoms with E-state index in [2.05, 4.69) is 24.8 Å². The molecule has 33 heavy (non-hydrogen) atoms. The summed E-state index contributed by atoms with van der Waals surface area (Å²) in [5.74, 6) is 2.54. The molecular weight excluding hydrogens is 455 g/mol.